The number of ether oxygens (including phenoxy) is 1. The van der Waals surface area contributed by atoms with Crippen molar-refractivity contribution < 1.29 is 19.1 Å². The van der Waals surface area contributed by atoms with Gasteiger partial charge in [-0.3, -0.25) is 24.5 Å². The van der Waals surface area contributed by atoms with Crippen LogP contribution in [0.2, 0.25) is 0 Å². The highest BCUT2D eigenvalue weighted by Crippen LogP contribution is 2.35. The number of aromatic nitrogens is 3. The lowest BCUT2D eigenvalue weighted by molar-refractivity contribution is 0.0585. The number of methoxy groups -OCH3 is 1. The average Bonchev–Trinajstić information content (AvgIpc) is 3.31. The van der Waals surface area contributed by atoms with Crippen LogP contribution in [0.1, 0.15) is 49.0 Å². The summed E-state index contributed by atoms with van der Waals surface area (Å²) in [5.74, 6) is -1.25. The van der Waals surface area contributed by atoms with E-state index in [0.29, 0.717) is 32.4 Å². The number of benzene rings is 1. The number of hydrogen-bond acceptors (Lipinski definition) is 8. The van der Waals surface area contributed by atoms with Crippen molar-refractivity contribution in [2.75, 3.05) is 7.11 Å². The molecule has 2 amide bonds. The molecule has 9 heteroatoms. The van der Waals surface area contributed by atoms with Crippen LogP contribution in [0.5, 0.6) is 0 Å². The van der Waals surface area contributed by atoms with Crippen molar-refractivity contribution >= 4 is 29.1 Å². The molecule has 0 spiro atoms. The Hall–Kier alpha value is -3.46. The summed E-state index contributed by atoms with van der Waals surface area (Å²) < 4.78 is 4.71. The SMILES string of the molecule is COC(=O)c1cnc(-c2nccnc2[C@@H](C)N2C(=O)c3ccccc3C2=O)s1. The lowest BCUT2D eigenvalue weighted by Crippen LogP contribution is -2.33. The van der Waals surface area contributed by atoms with Gasteiger partial charge in [0.05, 0.1) is 36.2 Å². The Balaban J connectivity index is 1.73. The minimum atomic E-state index is -0.665. The van der Waals surface area contributed by atoms with Gasteiger partial charge in [0.25, 0.3) is 11.8 Å². The molecular formula is C19H14N4O4S. The van der Waals surface area contributed by atoms with Gasteiger partial charge in [-0.05, 0) is 19.1 Å². The van der Waals surface area contributed by atoms with Crippen LogP contribution in [0, 0.1) is 0 Å². The maximum absolute atomic E-state index is 12.8. The molecule has 140 valence electrons. The number of fused-ring (bicyclic) bond motifs is 1. The maximum Gasteiger partial charge on any atom is 0.349 e. The van der Waals surface area contributed by atoms with Crippen molar-refractivity contribution in [1.82, 2.24) is 19.9 Å². The van der Waals surface area contributed by atoms with E-state index < -0.39 is 12.0 Å². The number of thiazole rings is 1. The van der Waals surface area contributed by atoms with Gasteiger partial charge in [-0.1, -0.05) is 12.1 Å². The van der Waals surface area contributed by atoms with Gasteiger partial charge < -0.3 is 4.74 Å². The van der Waals surface area contributed by atoms with E-state index in [0.717, 1.165) is 11.3 Å². The third kappa shape index (κ3) is 2.76. The molecular weight excluding hydrogens is 380 g/mol. The van der Waals surface area contributed by atoms with Crippen LogP contribution in [0.15, 0.2) is 42.9 Å². The van der Waals surface area contributed by atoms with Crippen LogP contribution in [0.25, 0.3) is 10.7 Å². The molecule has 0 bridgehead atoms. The smallest absolute Gasteiger partial charge is 0.349 e. The van der Waals surface area contributed by atoms with Gasteiger partial charge in [0.1, 0.15) is 15.6 Å². The van der Waals surface area contributed by atoms with Gasteiger partial charge in [0.15, 0.2) is 0 Å². The first kappa shape index (κ1) is 17.9. The van der Waals surface area contributed by atoms with Crippen LogP contribution >= 0.6 is 11.3 Å². The predicted molar refractivity (Wildman–Crippen MR) is 99.8 cm³/mol. The van der Waals surface area contributed by atoms with Gasteiger partial charge in [-0.15, -0.1) is 11.3 Å². The van der Waals surface area contributed by atoms with Gasteiger partial charge in [-0.2, -0.15) is 0 Å². The minimum Gasteiger partial charge on any atom is -0.465 e. The number of esters is 1. The molecule has 0 saturated heterocycles. The van der Waals surface area contributed by atoms with E-state index >= 15 is 0 Å². The first-order chi connectivity index (χ1) is 13.5. The molecule has 1 aromatic carbocycles. The molecule has 3 aromatic rings. The normalized spacial score (nSPS) is 14.1. The number of carbonyl (C=O) groups is 3. The average molecular weight is 394 g/mol. The molecule has 0 radical (unpaired) electrons. The Morgan fingerprint density at radius 3 is 2.36 bits per heavy atom. The zero-order valence-electron chi connectivity index (χ0n) is 14.9. The van der Waals surface area contributed by atoms with E-state index in [2.05, 4.69) is 15.0 Å². The largest absolute Gasteiger partial charge is 0.465 e. The Morgan fingerprint density at radius 1 is 1.07 bits per heavy atom. The van der Waals surface area contributed by atoms with E-state index in [4.69, 9.17) is 4.74 Å². The number of carbonyl (C=O) groups excluding carboxylic acids is 3. The third-order valence-corrected chi connectivity index (χ3v) is 5.41. The molecule has 1 aliphatic heterocycles. The summed E-state index contributed by atoms with van der Waals surface area (Å²) in [4.78, 5) is 51.7. The fourth-order valence-corrected chi connectivity index (χ4v) is 3.92. The quantitative estimate of drug-likeness (QED) is 0.495. The molecule has 0 N–H and O–H groups in total. The Kier molecular flexibility index (Phi) is 4.44. The lowest BCUT2D eigenvalue weighted by Gasteiger charge is -2.23. The van der Waals surface area contributed by atoms with Crippen molar-refractivity contribution in [3.63, 3.8) is 0 Å². The fourth-order valence-electron chi connectivity index (χ4n) is 3.08. The molecule has 2 aromatic heterocycles. The number of hydrogen-bond donors (Lipinski definition) is 0. The fraction of sp³-hybridized carbons (Fsp3) is 0.158. The molecule has 28 heavy (non-hydrogen) atoms. The van der Waals surface area contributed by atoms with Gasteiger partial charge >= 0.3 is 5.97 Å². The topological polar surface area (TPSA) is 102 Å². The summed E-state index contributed by atoms with van der Waals surface area (Å²) in [5.41, 5.74) is 1.56. The molecule has 0 aliphatic carbocycles. The number of nitrogens with zero attached hydrogens (tertiary/aromatic N) is 4. The number of rotatable bonds is 4. The van der Waals surface area contributed by atoms with Gasteiger partial charge in [0.2, 0.25) is 0 Å². The summed E-state index contributed by atoms with van der Waals surface area (Å²) in [6, 6.07) is 6.03. The predicted octanol–water partition coefficient (Wildman–Crippen LogP) is 2.74. The molecule has 0 saturated carbocycles. The highest BCUT2D eigenvalue weighted by molar-refractivity contribution is 7.16. The molecule has 8 nitrogen and oxygen atoms in total. The summed E-state index contributed by atoms with van der Waals surface area (Å²) in [5, 5.41) is 0.451. The van der Waals surface area contributed by atoms with Gasteiger partial charge in [-0.25, -0.2) is 9.78 Å². The second kappa shape index (κ2) is 6.93. The van der Waals surface area contributed by atoms with Crippen molar-refractivity contribution in [1.29, 1.82) is 0 Å². The molecule has 0 fully saturated rings. The Bertz CT molecular complexity index is 1080. The summed E-state index contributed by atoms with van der Waals surface area (Å²) in [6.45, 7) is 1.71. The lowest BCUT2D eigenvalue weighted by atomic mass is 10.1. The van der Waals surface area contributed by atoms with Crippen LogP contribution in [0.4, 0.5) is 0 Å². The van der Waals surface area contributed by atoms with Crippen molar-refractivity contribution in [3.05, 3.63) is 64.6 Å². The second-order valence-electron chi connectivity index (χ2n) is 6.01. The van der Waals surface area contributed by atoms with Crippen LogP contribution in [-0.2, 0) is 4.74 Å². The van der Waals surface area contributed by atoms with Gasteiger partial charge in [0, 0.05) is 12.4 Å². The first-order valence-corrected chi connectivity index (χ1v) is 9.17. The monoisotopic (exact) mass is 394 g/mol. The van der Waals surface area contributed by atoms with E-state index in [1.807, 2.05) is 0 Å². The third-order valence-electron chi connectivity index (χ3n) is 4.43. The highest BCUT2D eigenvalue weighted by atomic mass is 32.1. The van der Waals surface area contributed by atoms with E-state index in [1.54, 1.807) is 31.2 Å². The second-order valence-corrected chi connectivity index (χ2v) is 7.04. The molecule has 3 heterocycles. The van der Waals surface area contributed by atoms with Crippen LogP contribution < -0.4 is 0 Å². The molecule has 1 atom stereocenters. The summed E-state index contributed by atoms with van der Waals surface area (Å²) >= 11 is 1.11. The standard InChI is InChI=1S/C19H14N4O4S/c1-10(23-17(24)11-5-3-4-6-12(11)18(23)25)14-15(21-8-7-20-14)16-22-9-13(28-16)19(26)27-2/h3-10H,1-2H3/t10-/m1/s1. The number of amides is 2. The Morgan fingerprint density at radius 2 is 1.71 bits per heavy atom. The molecule has 0 unspecified atom stereocenters. The minimum absolute atomic E-state index is 0.322. The van der Waals surface area contributed by atoms with Crippen molar-refractivity contribution in [2.45, 2.75) is 13.0 Å². The van der Waals surface area contributed by atoms with E-state index in [9.17, 15) is 14.4 Å². The summed E-state index contributed by atoms with van der Waals surface area (Å²) in [7, 11) is 1.29. The zero-order valence-corrected chi connectivity index (χ0v) is 15.8. The van der Waals surface area contributed by atoms with Crippen LogP contribution in [0.3, 0.4) is 0 Å². The van der Waals surface area contributed by atoms with E-state index in [1.165, 1.54) is 30.6 Å². The first-order valence-electron chi connectivity index (χ1n) is 8.35. The molecule has 4 rings (SSSR count). The number of imide groups is 1. The molecule has 1 aliphatic rings. The maximum atomic E-state index is 12.8. The van der Waals surface area contributed by atoms with Crippen molar-refractivity contribution in [3.8, 4) is 10.7 Å². The van der Waals surface area contributed by atoms with Crippen molar-refractivity contribution in [2.24, 2.45) is 0 Å². The van der Waals surface area contributed by atoms with Crippen LogP contribution in [-0.4, -0.2) is 44.7 Å². The zero-order chi connectivity index (χ0) is 19.8. The highest BCUT2D eigenvalue weighted by Gasteiger charge is 2.40. The Labute approximate surface area is 163 Å². The van der Waals surface area contributed by atoms with E-state index in [-0.39, 0.29) is 11.8 Å². The summed E-state index contributed by atoms with van der Waals surface area (Å²) in [6.07, 6.45) is 4.38.